The van der Waals surface area contributed by atoms with Crippen molar-refractivity contribution < 1.29 is 24.5 Å². The van der Waals surface area contributed by atoms with E-state index in [0.717, 1.165) is 12.8 Å². The molecule has 6 atom stereocenters. The molecule has 4 nitrogen and oxygen atoms in total. The van der Waals surface area contributed by atoms with Crippen molar-refractivity contribution in [3.8, 4) is 0 Å². The Labute approximate surface area is 163 Å². The van der Waals surface area contributed by atoms with Gasteiger partial charge >= 0.3 is 5.97 Å². The molecule has 0 aliphatic heterocycles. The van der Waals surface area contributed by atoms with Gasteiger partial charge in [-0.05, 0) is 56.8 Å². The summed E-state index contributed by atoms with van der Waals surface area (Å²) in [7, 11) is 0. The summed E-state index contributed by atoms with van der Waals surface area (Å²) in [6.07, 6.45) is 10.7. The Balaban J connectivity index is 2.62. The summed E-state index contributed by atoms with van der Waals surface area (Å²) >= 11 is 0. The zero-order chi connectivity index (χ0) is 20.4. The molecule has 1 saturated carbocycles. The number of hydrogen-bond acceptors (Lipinski definition) is 3. The van der Waals surface area contributed by atoms with Crippen LogP contribution in [0.15, 0.2) is 24.3 Å². The molecule has 0 radical (unpaired) electrons. The van der Waals surface area contributed by atoms with Crippen molar-refractivity contribution in [3.63, 3.8) is 0 Å². The van der Waals surface area contributed by atoms with Crippen LogP contribution in [-0.4, -0.2) is 39.2 Å². The summed E-state index contributed by atoms with van der Waals surface area (Å²) in [5.41, 5.74) is -1.63. The highest BCUT2D eigenvalue weighted by atomic mass is 19.1. The second-order valence-electron chi connectivity index (χ2n) is 8.23. The number of hydrogen-bond donors (Lipinski definition) is 3. The second kappa shape index (κ2) is 11.6. The third kappa shape index (κ3) is 8.14. The first-order valence-electron chi connectivity index (χ1n) is 10.3. The van der Waals surface area contributed by atoms with E-state index in [1.54, 1.807) is 6.08 Å². The van der Waals surface area contributed by atoms with Gasteiger partial charge in [-0.15, -0.1) is 0 Å². The topological polar surface area (TPSA) is 77.8 Å². The van der Waals surface area contributed by atoms with Gasteiger partial charge in [-0.1, -0.05) is 51.0 Å². The van der Waals surface area contributed by atoms with Gasteiger partial charge in [-0.25, -0.2) is 4.39 Å². The first-order chi connectivity index (χ1) is 12.7. The molecular formula is C22H37FO4. The van der Waals surface area contributed by atoms with Crippen molar-refractivity contribution >= 4 is 5.97 Å². The average molecular weight is 385 g/mol. The minimum absolute atomic E-state index is 0.0423. The van der Waals surface area contributed by atoms with Crippen molar-refractivity contribution in [1.29, 1.82) is 0 Å². The summed E-state index contributed by atoms with van der Waals surface area (Å²) in [6.45, 7) is 5.52. The van der Waals surface area contributed by atoms with E-state index >= 15 is 0 Å². The first-order valence-corrected chi connectivity index (χ1v) is 10.3. The smallest absolute Gasteiger partial charge is 0.303 e. The number of carboxylic acid groups (broad SMARTS) is 1. The normalized spacial score (nSPS) is 29.4. The fourth-order valence-corrected chi connectivity index (χ4v) is 3.88. The summed E-state index contributed by atoms with van der Waals surface area (Å²) in [5.74, 6) is -0.373. The number of aliphatic hydroxyl groups excluding tert-OH is 2. The Morgan fingerprint density at radius 2 is 2.04 bits per heavy atom. The number of unbranched alkanes of at least 4 members (excludes halogenated alkanes) is 2. The van der Waals surface area contributed by atoms with Gasteiger partial charge < -0.3 is 15.3 Å². The third-order valence-electron chi connectivity index (χ3n) is 5.75. The van der Waals surface area contributed by atoms with Gasteiger partial charge in [0, 0.05) is 6.42 Å². The van der Waals surface area contributed by atoms with Crippen molar-refractivity contribution in [2.24, 2.45) is 17.8 Å². The van der Waals surface area contributed by atoms with E-state index in [1.165, 1.54) is 6.92 Å². The van der Waals surface area contributed by atoms with Gasteiger partial charge in [0.05, 0.1) is 6.10 Å². The Hall–Kier alpha value is -1.20. The van der Waals surface area contributed by atoms with Crippen molar-refractivity contribution in [2.75, 3.05) is 0 Å². The average Bonchev–Trinajstić information content (AvgIpc) is 2.86. The van der Waals surface area contributed by atoms with Crippen LogP contribution >= 0.6 is 0 Å². The lowest BCUT2D eigenvalue weighted by Crippen LogP contribution is -2.33. The fraction of sp³-hybridized carbons (Fsp3) is 0.773. The lowest BCUT2D eigenvalue weighted by molar-refractivity contribution is -0.137. The Kier molecular flexibility index (Phi) is 10.2. The number of rotatable bonds is 12. The number of aliphatic carboxylic acids is 1. The molecule has 0 heterocycles. The second-order valence-corrected chi connectivity index (χ2v) is 8.23. The van der Waals surface area contributed by atoms with Gasteiger partial charge in [0.15, 0.2) is 0 Å². The molecule has 1 fully saturated rings. The molecule has 1 aliphatic carbocycles. The Morgan fingerprint density at radius 1 is 1.33 bits per heavy atom. The van der Waals surface area contributed by atoms with Gasteiger partial charge in [0.25, 0.3) is 0 Å². The number of aliphatic hydroxyl groups is 2. The van der Waals surface area contributed by atoms with E-state index in [9.17, 15) is 19.4 Å². The van der Waals surface area contributed by atoms with E-state index in [0.29, 0.717) is 32.1 Å². The largest absolute Gasteiger partial charge is 0.481 e. The Morgan fingerprint density at radius 3 is 2.67 bits per heavy atom. The van der Waals surface area contributed by atoms with Crippen molar-refractivity contribution in [2.45, 2.75) is 90.0 Å². The van der Waals surface area contributed by atoms with Crippen LogP contribution in [0, 0.1) is 17.8 Å². The van der Waals surface area contributed by atoms with Crippen LogP contribution in [0.2, 0.25) is 0 Å². The lowest BCUT2D eigenvalue weighted by atomic mass is 9.85. The number of carbonyl (C=O) groups is 1. The van der Waals surface area contributed by atoms with Crippen LogP contribution in [0.4, 0.5) is 4.39 Å². The molecular weight excluding hydrogens is 347 g/mol. The molecule has 0 aromatic rings. The monoisotopic (exact) mass is 384 g/mol. The molecule has 3 N–H and O–H groups in total. The van der Waals surface area contributed by atoms with Crippen molar-refractivity contribution in [1.82, 2.24) is 0 Å². The maximum Gasteiger partial charge on any atom is 0.303 e. The molecule has 0 aromatic heterocycles. The number of carboxylic acids is 1. The lowest BCUT2D eigenvalue weighted by Gasteiger charge is -2.25. The molecule has 0 saturated heterocycles. The van der Waals surface area contributed by atoms with Gasteiger partial charge in [0.1, 0.15) is 11.8 Å². The molecule has 5 heteroatoms. The number of allylic oxidation sites excluding steroid dienone is 3. The standard InChI is InChI=1S/C22H37FO4/c1-4-5-14-22(3,23)20(25)13-12-17-16(2)15-19(24)18(17)10-8-6-7-9-11-21(26)27/h6,8,12-13,16-20,24-25H,4-5,7,9-11,14-15H2,1-3H3,(H,26,27)/b8-6-,13-12+/t16-,17+,18-,19+,20-,22-/m1/s1. The van der Waals surface area contributed by atoms with Gasteiger partial charge in [-0.2, -0.15) is 0 Å². The highest BCUT2D eigenvalue weighted by molar-refractivity contribution is 5.66. The van der Waals surface area contributed by atoms with E-state index in [4.69, 9.17) is 5.11 Å². The highest BCUT2D eigenvalue weighted by Gasteiger charge is 2.38. The maximum atomic E-state index is 14.6. The first kappa shape index (κ1) is 23.8. The molecule has 156 valence electrons. The highest BCUT2D eigenvalue weighted by Crippen LogP contribution is 2.40. The molecule has 0 bridgehead atoms. The SMILES string of the molecule is CCCC[C@@](C)(F)[C@H](O)/C=C/[C@@H]1[C@@H](C/C=C\CCCC(=O)O)[C@@H](O)C[C@H]1C. The predicted octanol–water partition coefficient (Wildman–Crippen LogP) is 4.66. The van der Waals surface area contributed by atoms with Crippen LogP contribution in [0.3, 0.4) is 0 Å². The summed E-state index contributed by atoms with van der Waals surface area (Å²) in [4.78, 5) is 10.5. The summed E-state index contributed by atoms with van der Waals surface area (Å²) in [5, 5.41) is 29.2. The van der Waals surface area contributed by atoms with Crippen LogP contribution in [0.5, 0.6) is 0 Å². The number of halogens is 1. The minimum atomic E-state index is -1.63. The summed E-state index contributed by atoms with van der Waals surface area (Å²) < 4.78 is 14.6. The zero-order valence-electron chi connectivity index (χ0n) is 17.0. The Bertz CT molecular complexity index is 501. The molecule has 0 unspecified atom stereocenters. The van der Waals surface area contributed by atoms with Crippen LogP contribution in [0.25, 0.3) is 0 Å². The van der Waals surface area contributed by atoms with Gasteiger partial charge in [0.2, 0.25) is 0 Å². The van der Waals surface area contributed by atoms with Crippen LogP contribution in [0.1, 0.15) is 72.1 Å². The summed E-state index contributed by atoms with van der Waals surface area (Å²) in [6, 6.07) is 0. The molecule has 0 amide bonds. The predicted molar refractivity (Wildman–Crippen MR) is 106 cm³/mol. The number of alkyl halides is 1. The zero-order valence-corrected chi connectivity index (χ0v) is 17.0. The van der Waals surface area contributed by atoms with Crippen molar-refractivity contribution in [3.05, 3.63) is 24.3 Å². The van der Waals surface area contributed by atoms with E-state index in [1.807, 2.05) is 25.2 Å². The van der Waals surface area contributed by atoms with Crippen LogP contribution in [-0.2, 0) is 4.79 Å². The minimum Gasteiger partial charge on any atom is -0.481 e. The molecule has 27 heavy (non-hydrogen) atoms. The maximum absolute atomic E-state index is 14.6. The van der Waals surface area contributed by atoms with E-state index in [-0.39, 0.29) is 24.2 Å². The molecule has 0 aromatic carbocycles. The third-order valence-corrected chi connectivity index (χ3v) is 5.75. The quantitative estimate of drug-likeness (QED) is 0.338. The van der Waals surface area contributed by atoms with Crippen LogP contribution < -0.4 is 0 Å². The van der Waals surface area contributed by atoms with E-state index < -0.39 is 23.8 Å². The van der Waals surface area contributed by atoms with E-state index in [2.05, 4.69) is 6.92 Å². The fourth-order valence-electron chi connectivity index (χ4n) is 3.88. The molecule has 0 spiro atoms. The molecule has 1 rings (SSSR count). The molecule has 1 aliphatic rings. The van der Waals surface area contributed by atoms with Gasteiger partial charge in [-0.3, -0.25) is 4.79 Å².